The summed E-state index contributed by atoms with van der Waals surface area (Å²) in [6.07, 6.45) is -6.03. The highest BCUT2D eigenvalue weighted by atomic mass is 19.4. The molecule has 1 aliphatic heterocycles. The van der Waals surface area contributed by atoms with Gasteiger partial charge in [-0.15, -0.1) is 0 Å². The average molecular weight is 239 g/mol. The van der Waals surface area contributed by atoms with Gasteiger partial charge in [0.15, 0.2) is 0 Å². The maximum Gasteiger partial charge on any atom is 0.389 e. The lowest BCUT2D eigenvalue weighted by Crippen LogP contribution is -2.50. The third kappa shape index (κ3) is 4.08. The molecule has 92 valence electrons. The van der Waals surface area contributed by atoms with Crippen molar-refractivity contribution in [2.24, 2.45) is 5.92 Å². The molecule has 0 aromatic heterocycles. The molecular formula is C9H12F3NO3. The maximum atomic E-state index is 11.8. The highest BCUT2D eigenvalue weighted by Gasteiger charge is 2.34. The number of hydrogen-bond donors (Lipinski definition) is 1. The molecule has 0 aromatic rings. The highest BCUT2D eigenvalue weighted by molar-refractivity contribution is 5.77. The monoisotopic (exact) mass is 239 g/mol. The van der Waals surface area contributed by atoms with Crippen molar-refractivity contribution in [2.75, 3.05) is 13.1 Å². The number of carboxylic acid groups (broad SMARTS) is 1. The zero-order valence-corrected chi connectivity index (χ0v) is 8.46. The molecule has 1 N–H and O–H groups in total. The molecule has 1 amide bonds. The Morgan fingerprint density at radius 3 is 2.31 bits per heavy atom. The summed E-state index contributed by atoms with van der Waals surface area (Å²) in [5.74, 6) is -1.63. The second-order valence-electron chi connectivity index (χ2n) is 3.88. The van der Waals surface area contributed by atoms with E-state index in [0.717, 1.165) is 0 Å². The molecule has 1 saturated heterocycles. The second kappa shape index (κ2) is 4.71. The van der Waals surface area contributed by atoms with E-state index in [1.54, 1.807) is 0 Å². The summed E-state index contributed by atoms with van der Waals surface area (Å²) < 4.78 is 35.4. The molecular weight excluding hydrogens is 227 g/mol. The van der Waals surface area contributed by atoms with Gasteiger partial charge in [-0.1, -0.05) is 0 Å². The lowest BCUT2D eigenvalue weighted by atomic mass is 9.96. The summed E-state index contributed by atoms with van der Waals surface area (Å²) >= 11 is 0. The van der Waals surface area contributed by atoms with Crippen LogP contribution < -0.4 is 0 Å². The van der Waals surface area contributed by atoms with Crippen LogP contribution in [-0.4, -0.2) is 41.1 Å². The van der Waals surface area contributed by atoms with Crippen LogP contribution in [0, 0.1) is 5.92 Å². The summed E-state index contributed by atoms with van der Waals surface area (Å²) in [6, 6.07) is 0. The number of carbonyl (C=O) groups is 2. The molecule has 1 heterocycles. The van der Waals surface area contributed by atoms with Gasteiger partial charge in [-0.05, 0) is 0 Å². The van der Waals surface area contributed by atoms with Crippen LogP contribution in [0.15, 0.2) is 0 Å². The summed E-state index contributed by atoms with van der Waals surface area (Å²) in [5.41, 5.74) is 0. The molecule has 7 heteroatoms. The lowest BCUT2D eigenvalue weighted by Gasteiger charge is -2.38. The van der Waals surface area contributed by atoms with E-state index in [1.807, 2.05) is 0 Å². The summed E-state index contributed by atoms with van der Waals surface area (Å²) in [6.45, 7) is 0.506. The number of halogens is 3. The van der Waals surface area contributed by atoms with Crippen molar-refractivity contribution in [3.8, 4) is 0 Å². The van der Waals surface area contributed by atoms with E-state index >= 15 is 0 Å². The third-order valence-corrected chi connectivity index (χ3v) is 2.40. The van der Waals surface area contributed by atoms with Crippen LogP contribution in [0.2, 0.25) is 0 Å². The van der Waals surface area contributed by atoms with E-state index in [9.17, 15) is 22.8 Å². The number of carboxylic acids is 1. The Morgan fingerprint density at radius 2 is 1.88 bits per heavy atom. The van der Waals surface area contributed by atoms with E-state index in [1.165, 1.54) is 4.90 Å². The number of amides is 1. The fraction of sp³-hybridized carbons (Fsp3) is 0.778. The van der Waals surface area contributed by atoms with Gasteiger partial charge in [0.05, 0.1) is 12.8 Å². The zero-order valence-electron chi connectivity index (χ0n) is 8.46. The van der Waals surface area contributed by atoms with E-state index in [2.05, 4.69) is 0 Å². The molecule has 0 saturated carbocycles. The molecule has 0 aliphatic carbocycles. The van der Waals surface area contributed by atoms with E-state index in [-0.39, 0.29) is 25.4 Å². The Labute approximate surface area is 90.0 Å². The van der Waals surface area contributed by atoms with E-state index < -0.39 is 30.9 Å². The van der Waals surface area contributed by atoms with Gasteiger partial charge >= 0.3 is 12.1 Å². The molecule has 16 heavy (non-hydrogen) atoms. The van der Waals surface area contributed by atoms with Crippen LogP contribution in [0.25, 0.3) is 0 Å². The quantitative estimate of drug-likeness (QED) is 0.803. The molecule has 0 unspecified atom stereocenters. The van der Waals surface area contributed by atoms with Crippen LogP contribution in [0.5, 0.6) is 0 Å². The molecule has 1 rings (SSSR count). The van der Waals surface area contributed by atoms with Gasteiger partial charge in [-0.2, -0.15) is 13.2 Å². The molecule has 1 fully saturated rings. The lowest BCUT2D eigenvalue weighted by molar-refractivity contribution is -0.154. The Kier molecular flexibility index (Phi) is 3.77. The van der Waals surface area contributed by atoms with Crippen molar-refractivity contribution in [1.82, 2.24) is 4.90 Å². The van der Waals surface area contributed by atoms with Crippen molar-refractivity contribution < 1.29 is 27.9 Å². The topological polar surface area (TPSA) is 57.6 Å². The minimum atomic E-state index is -4.32. The molecule has 1 aliphatic rings. The van der Waals surface area contributed by atoms with Gasteiger partial charge in [0.1, 0.15) is 0 Å². The standard InChI is InChI=1S/C9H12F3NO3/c10-9(11,12)2-1-7(14)13-4-6(5-13)3-8(15)16/h6H,1-5H2,(H,15,16). The summed E-state index contributed by atoms with van der Waals surface area (Å²) in [5, 5.41) is 8.43. The number of nitrogens with zero attached hydrogens (tertiary/aromatic N) is 1. The Hall–Kier alpha value is -1.27. The first-order valence-corrected chi connectivity index (χ1v) is 4.84. The Bertz CT molecular complexity index is 284. The van der Waals surface area contributed by atoms with Gasteiger partial charge in [-0.3, -0.25) is 9.59 Å². The van der Waals surface area contributed by atoms with Crippen LogP contribution >= 0.6 is 0 Å². The molecule has 4 nitrogen and oxygen atoms in total. The van der Waals surface area contributed by atoms with Gasteiger partial charge in [0.25, 0.3) is 0 Å². The zero-order chi connectivity index (χ0) is 12.3. The number of rotatable bonds is 4. The van der Waals surface area contributed by atoms with Gasteiger partial charge in [0, 0.05) is 25.4 Å². The van der Waals surface area contributed by atoms with E-state index in [4.69, 9.17) is 5.11 Å². The Morgan fingerprint density at radius 1 is 1.31 bits per heavy atom. The van der Waals surface area contributed by atoms with Crippen molar-refractivity contribution in [1.29, 1.82) is 0 Å². The number of alkyl halides is 3. The van der Waals surface area contributed by atoms with Crippen LogP contribution in [0.1, 0.15) is 19.3 Å². The number of carbonyl (C=O) groups excluding carboxylic acids is 1. The van der Waals surface area contributed by atoms with Crippen molar-refractivity contribution in [3.05, 3.63) is 0 Å². The maximum absolute atomic E-state index is 11.8. The first-order valence-electron chi connectivity index (χ1n) is 4.84. The number of likely N-dealkylation sites (tertiary alicyclic amines) is 1. The predicted octanol–water partition coefficient (Wildman–Crippen LogP) is 1.26. The molecule has 0 aromatic carbocycles. The molecule has 0 bridgehead atoms. The fourth-order valence-corrected chi connectivity index (χ4v) is 1.56. The van der Waals surface area contributed by atoms with Crippen molar-refractivity contribution >= 4 is 11.9 Å². The first kappa shape index (κ1) is 12.8. The first-order chi connectivity index (χ1) is 7.28. The molecule has 0 atom stereocenters. The van der Waals surface area contributed by atoms with Crippen molar-refractivity contribution in [3.63, 3.8) is 0 Å². The minimum absolute atomic E-state index is 0.0386. The van der Waals surface area contributed by atoms with Crippen molar-refractivity contribution in [2.45, 2.75) is 25.4 Å². The third-order valence-electron chi connectivity index (χ3n) is 2.40. The molecule has 0 spiro atoms. The summed E-state index contributed by atoms with van der Waals surface area (Å²) in [4.78, 5) is 22.7. The van der Waals surface area contributed by atoms with Gasteiger partial charge in [0.2, 0.25) is 5.91 Å². The van der Waals surface area contributed by atoms with E-state index in [0.29, 0.717) is 0 Å². The average Bonchev–Trinajstić information content (AvgIpc) is 2.05. The SMILES string of the molecule is O=C(O)CC1CN(C(=O)CCC(F)(F)F)C1. The largest absolute Gasteiger partial charge is 0.481 e. The normalized spacial score (nSPS) is 17.1. The van der Waals surface area contributed by atoms with Crippen LogP contribution in [0.3, 0.4) is 0 Å². The number of hydrogen-bond acceptors (Lipinski definition) is 2. The predicted molar refractivity (Wildman–Crippen MR) is 47.6 cm³/mol. The van der Waals surface area contributed by atoms with Crippen LogP contribution in [0.4, 0.5) is 13.2 Å². The minimum Gasteiger partial charge on any atom is -0.481 e. The highest BCUT2D eigenvalue weighted by Crippen LogP contribution is 2.24. The van der Waals surface area contributed by atoms with Gasteiger partial charge in [-0.25, -0.2) is 0 Å². The van der Waals surface area contributed by atoms with Gasteiger partial charge < -0.3 is 10.0 Å². The van der Waals surface area contributed by atoms with Crippen LogP contribution in [-0.2, 0) is 9.59 Å². The number of aliphatic carboxylic acids is 1. The smallest absolute Gasteiger partial charge is 0.389 e. The second-order valence-corrected chi connectivity index (χ2v) is 3.88. The fourth-order valence-electron chi connectivity index (χ4n) is 1.56. The summed E-state index contributed by atoms with van der Waals surface area (Å²) in [7, 11) is 0. The Balaban J connectivity index is 2.19. The molecule has 0 radical (unpaired) electrons.